The Hall–Kier alpha value is -1.79. The summed E-state index contributed by atoms with van der Waals surface area (Å²) in [6.07, 6.45) is 0. The molecule has 0 saturated heterocycles. The van der Waals surface area contributed by atoms with Crippen molar-refractivity contribution in [3.05, 3.63) is 42.0 Å². The van der Waals surface area contributed by atoms with Crippen LogP contribution in [-0.2, 0) is 0 Å². The van der Waals surface area contributed by atoms with E-state index in [1.54, 1.807) is 7.11 Å². The lowest BCUT2D eigenvalue weighted by atomic mass is 10.2. The Bertz CT molecular complexity index is 496. The molecule has 2 aromatic rings. The zero-order valence-corrected chi connectivity index (χ0v) is 9.04. The van der Waals surface area contributed by atoms with Crippen LogP contribution in [0.3, 0.4) is 0 Å². The Kier molecular flexibility index (Phi) is 2.70. The molecule has 3 heteroatoms. The Morgan fingerprint density at radius 1 is 1.27 bits per heavy atom. The van der Waals surface area contributed by atoms with E-state index in [0.717, 1.165) is 10.4 Å². The first kappa shape index (κ1) is 9.75. The maximum atomic E-state index is 8.89. The molecule has 0 aliphatic rings. The van der Waals surface area contributed by atoms with Crippen LogP contribution >= 0.6 is 11.3 Å². The van der Waals surface area contributed by atoms with Crippen LogP contribution in [0.4, 0.5) is 0 Å². The highest BCUT2D eigenvalue weighted by Gasteiger charge is 2.09. The van der Waals surface area contributed by atoms with Crippen molar-refractivity contribution < 1.29 is 4.74 Å². The van der Waals surface area contributed by atoms with Gasteiger partial charge in [-0.15, -0.1) is 0 Å². The lowest BCUT2D eigenvalue weighted by Crippen LogP contribution is -1.79. The van der Waals surface area contributed by atoms with E-state index in [-0.39, 0.29) is 0 Å². The van der Waals surface area contributed by atoms with Crippen LogP contribution in [-0.4, -0.2) is 7.11 Å². The maximum absolute atomic E-state index is 8.89. The predicted molar refractivity (Wildman–Crippen MR) is 61.0 cm³/mol. The molecule has 1 heterocycles. The second-order valence-corrected chi connectivity index (χ2v) is 4.01. The average molecular weight is 215 g/mol. The van der Waals surface area contributed by atoms with Crippen LogP contribution in [0.15, 0.2) is 36.4 Å². The van der Waals surface area contributed by atoms with Crippen molar-refractivity contribution in [3.63, 3.8) is 0 Å². The van der Waals surface area contributed by atoms with Gasteiger partial charge in [0.1, 0.15) is 11.6 Å². The third-order valence-electron chi connectivity index (χ3n) is 2.06. The minimum atomic E-state index is 0.598. The molecule has 1 aromatic carbocycles. The van der Waals surface area contributed by atoms with Gasteiger partial charge in [0.25, 0.3) is 0 Å². The van der Waals surface area contributed by atoms with Crippen LogP contribution in [0.1, 0.15) is 5.56 Å². The van der Waals surface area contributed by atoms with Gasteiger partial charge in [-0.05, 0) is 11.6 Å². The number of rotatable bonds is 2. The second kappa shape index (κ2) is 4.16. The number of nitriles is 1. The fourth-order valence-electron chi connectivity index (χ4n) is 1.35. The highest BCUT2D eigenvalue weighted by Crippen LogP contribution is 2.36. The average Bonchev–Trinajstić information content (AvgIpc) is 2.73. The molecule has 0 radical (unpaired) electrons. The molecular formula is C12H9NOS. The van der Waals surface area contributed by atoms with Gasteiger partial charge in [0.05, 0.1) is 7.11 Å². The molecule has 74 valence electrons. The molecule has 0 fully saturated rings. The quantitative estimate of drug-likeness (QED) is 0.770. The first-order valence-corrected chi connectivity index (χ1v) is 5.30. The largest absolute Gasteiger partial charge is 0.486 e. The van der Waals surface area contributed by atoms with Gasteiger partial charge >= 0.3 is 0 Å². The number of hydrogen-bond acceptors (Lipinski definition) is 3. The minimum absolute atomic E-state index is 0.598. The summed E-state index contributed by atoms with van der Waals surface area (Å²) < 4.78 is 5.13. The molecule has 0 saturated carbocycles. The fraction of sp³-hybridized carbons (Fsp3) is 0.0833. The molecule has 0 amide bonds. The SMILES string of the molecule is COc1sc(-c2ccccc2)cc1C#N. The summed E-state index contributed by atoms with van der Waals surface area (Å²) in [7, 11) is 1.58. The van der Waals surface area contributed by atoms with Crippen molar-refractivity contribution in [2.75, 3.05) is 7.11 Å². The smallest absolute Gasteiger partial charge is 0.192 e. The normalized spacial score (nSPS) is 9.60. The van der Waals surface area contributed by atoms with E-state index >= 15 is 0 Å². The number of thiophene rings is 1. The maximum Gasteiger partial charge on any atom is 0.192 e. The molecule has 0 unspecified atom stereocenters. The Balaban J connectivity index is 2.48. The van der Waals surface area contributed by atoms with E-state index in [9.17, 15) is 0 Å². The summed E-state index contributed by atoms with van der Waals surface area (Å²) in [4.78, 5) is 1.06. The Morgan fingerprint density at radius 3 is 2.53 bits per heavy atom. The number of nitrogens with zero attached hydrogens (tertiary/aromatic N) is 1. The Labute approximate surface area is 92.4 Å². The minimum Gasteiger partial charge on any atom is -0.486 e. The van der Waals surface area contributed by atoms with E-state index in [0.29, 0.717) is 10.6 Å². The standard InChI is InChI=1S/C12H9NOS/c1-14-12-10(8-13)7-11(15-12)9-5-3-2-4-6-9/h2-7H,1H3. The summed E-state index contributed by atoms with van der Waals surface area (Å²) >= 11 is 1.49. The van der Waals surface area contributed by atoms with Gasteiger partial charge in [0.2, 0.25) is 0 Å². The lowest BCUT2D eigenvalue weighted by molar-refractivity contribution is 0.426. The Morgan fingerprint density at radius 2 is 2.00 bits per heavy atom. The van der Waals surface area contributed by atoms with E-state index in [2.05, 4.69) is 6.07 Å². The fourth-order valence-corrected chi connectivity index (χ4v) is 2.28. The lowest BCUT2D eigenvalue weighted by Gasteiger charge is -1.94. The zero-order chi connectivity index (χ0) is 10.7. The molecule has 0 aliphatic carbocycles. The molecule has 0 N–H and O–H groups in total. The highest BCUT2D eigenvalue weighted by atomic mass is 32.1. The second-order valence-electron chi connectivity index (χ2n) is 2.99. The first-order valence-electron chi connectivity index (χ1n) is 4.48. The summed E-state index contributed by atoms with van der Waals surface area (Å²) in [5.41, 5.74) is 1.71. The van der Waals surface area contributed by atoms with Gasteiger partial charge in [-0.1, -0.05) is 41.7 Å². The molecule has 1 aromatic heterocycles. The monoisotopic (exact) mass is 215 g/mol. The van der Waals surface area contributed by atoms with E-state index in [1.165, 1.54) is 11.3 Å². The molecular weight excluding hydrogens is 206 g/mol. The van der Waals surface area contributed by atoms with Crippen LogP contribution < -0.4 is 4.74 Å². The summed E-state index contributed by atoms with van der Waals surface area (Å²) in [5, 5.41) is 9.56. The van der Waals surface area contributed by atoms with Gasteiger partial charge < -0.3 is 4.74 Å². The van der Waals surface area contributed by atoms with Crippen molar-refractivity contribution >= 4 is 11.3 Å². The van der Waals surface area contributed by atoms with Crippen molar-refractivity contribution in [1.82, 2.24) is 0 Å². The topological polar surface area (TPSA) is 33.0 Å². The third kappa shape index (κ3) is 1.85. The predicted octanol–water partition coefficient (Wildman–Crippen LogP) is 3.30. The van der Waals surface area contributed by atoms with Gasteiger partial charge in [-0.2, -0.15) is 5.26 Å². The summed E-state index contributed by atoms with van der Waals surface area (Å²) in [5.74, 6) is 0. The van der Waals surface area contributed by atoms with Crippen molar-refractivity contribution in [1.29, 1.82) is 5.26 Å². The van der Waals surface area contributed by atoms with Gasteiger partial charge in [-0.25, -0.2) is 0 Å². The van der Waals surface area contributed by atoms with E-state index < -0.39 is 0 Å². The number of ether oxygens (including phenoxy) is 1. The number of hydrogen-bond donors (Lipinski definition) is 0. The molecule has 2 nitrogen and oxygen atoms in total. The van der Waals surface area contributed by atoms with Crippen molar-refractivity contribution in [2.45, 2.75) is 0 Å². The summed E-state index contributed by atoms with van der Waals surface area (Å²) in [6, 6.07) is 14.0. The molecule has 0 aliphatic heterocycles. The molecule has 0 spiro atoms. The van der Waals surface area contributed by atoms with Gasteiger partial charge in [0.15, 0.2) is 5.06 Å². The summed E-state index contributed by atoms with van der Waals surface area (Å²) in [6.45, 7) is 0. The van der Waals surface area contributed by atoms with E-state index in [4.69, 9.17) is 10.00 Å². The van der Waals surface area contributed by atoms with E-state index in [1.807, 2.05) is 36.4 Å². The van der Waals surface area contributed by atoms with Crippen molar-refractivity contribution in [2.24, 2.45) is 0 Å². The molecule has 15 heavy (non-hydrogen) atoms. The van der Waals surface area contributed by atoms with Crippen LogP contribution in [0.2, 0.25) is 0 Å². The van der Waals surface area contributed by atoms with Crippen LogP contribution in [0.25, 0.3) is 10.4 Å². The van der Waals surface area contributed by atoms with Gasteiger partial charge in [0, 0.05) is 4.88 Å². The highest BCUT2D eigenvalue weighted by molar-refractivity contribution is 7.17. The third-order valence-corrected chi connectivity index (χ3v) is 3.21. The number of methoxy groups -OCH3 is 1. The molecule has 0 atom stereocenters. The zero-order valence-electron chi connectivity index (χ0n) is 8.23. The van der Waals surface area contributed by atoms with Crippen LogP contribution in [0, 0.1) is 11.3 Å². The molecule has 0 bridgehead atoms. The van der Waals surface area contributed by atoms with Crippen molar-refractivity contribution in [3.8, 4) is 21.6 Å². The first-order chi connectivity index (χ1) is 7.35. The van der Waals surface area contributed by atoms with Gasteiger partial charge in [-0.3, -0.25) is 0 Å². The number of benzene rings is 1. The van der Waals surface area contributed by atoms with Crippen LogP contribution in [0.5, 0.6) is 5.06 Å². The molecule has 2 rings (SSSR count).